The highest BCUT2D eigenvalue weighted by Crippen LogP contribution is 2.14. The van der Waals surface area contributed by atoms with Crippen molar-refractivity contribution >= 4 is 23.2 Å². The maximum Gasteiger partial charge on any atom is 0.255 e. The van der Waals surface area contributed by atoms with Crippen molar-refractivity contribution < 1.29 is 0 Å². The molecule has 0 aliphatic carbocycles. The maximum atomic E-state index is 5.93. The molecule has 1 N–H and O–H groups in total. The first kappa shape index (κ1) is 13.1. The number of nitrogens with one attached hydrogen (secondary N) is 1. The lowest BCUT2D eigenvalue weighted by Gasteiger charge is -2.08. The Morgan fingerprint density at radius 3 is 3.00 bits per heavy atom. The van der Waals surface area contributed by atoms with E-state index in [9.17, 15) is 0 Å². The molecule has 0 saturated heterocycles. The van der Waals surface area contributed by atoms with Gasteiger partial charge in [-0.1, -0.05) is 38.3 Å². The van der Waals surface area contributed by atoms with Crippen molar-refractivity contribution in [3.8, 4) is 0 Å². The fourth-order valence-electron chi connectivity index (χ4n) is 1.80. The number of aromatic nitrogens is 4. The number of fused-ring (bicyclic) bond motifs is 1. The smallest absolute Gasteiger partial charge is 0.255 e. The van der Waals surface area contributed by atoms with Gasteiger partial charge < -0.3 is 5.32 Å². The Bertz CT molecular complexity index is 508. The zero-order valence-corrected chi connectivity index (χ0v) is 11.5. The van der Waals surface area contributed by atoms with Crippen molar-refractivity contribution in [2.75, 3.05) is 11.9 Å². The van der Waals surface area contributed by atoms with Crippen LogP contribution in [0.25, 0.3) is 5.78 Å². The second-order valence-electron chi connectivity index (χ2n) is 4.75. The predicted molar refractivity (Wildman–Crippen MR) is 73.0 cm³/mol. The largest absolute Gasteiger partial charge is 0.370 e. The summed E-state index contributed by atoms with van der Waals surface area (Å²) in [5.74, 6) is 2.13. The normalized spacial score (nSPS) is 11.3. The molecule has 0 amide bonds. The van der Waals surface area contributed by atoms with Gasteiger partial charge in [0.2, 0.25) is 0 Å². The SMILES string of the molecule is CC(C)CCCCNc1cc(Cl)nc2ncnn12. The average molecular weight is 268 g/mol. The number of halogens is 1. The van der Waals surface area contributed by atoms with Gasteiger partial charge in [-0.15, -0.1) is 0 Å². The van der Waals surface area contributed by atoms with Crippen LogP contribution in [0.4, 0.5) is 5.82 Å². The Kier molecular flexibility index (Phi) is 4.36. The Morgan fingerprint density at radius 2 is 2.22 bits per heavy atom. The predicted octanol–water partition coefficient (Wildman–Crippen LogP) is 3.02. The minimum atomic E-state index is 0.431. The highest BCUT2D eigenvalue weighted by molar-refractivity contribution is 6.29. The van der Waals surface area contributed by atoms with Crippen LogP contribution in [0.5, 0.6) is 0 Å². The second kappa shape index (κ2) is 6.00. The molecular formula is C12H18ClN5. The quantitative estimate of drug-likeness (QED) is 0.646. The minimum Gasteiger partial charge on any atom is -0.370 e. The molecule has 98 valence electrons. The van der Waals surface area contributed by atoms with E-state index in [4.69, 9.17) is 11.6 Å². The van der Waals surface area contributed by atoms with Gasteiger partial charge in [-0.3, -0.25) is 0 Å². The van der Waals surface area contributed by atoms with Gasteiger partial charge in [0.1, 0.15) is 17.3 Å². The van der Waals surface area contributed by atoms with E-state index in [1.807, 2.05) is 0 Å². The van der Waals surface area contributed by atoms with Crippen LogP contribution in [0.3, 0.4) is 0 Å². The second-order valence-corrected chi connectivity index (χ2v) is 5.14. The fraction of sp³-hybridized carbons (Fsp3) is 0.583. The van der Waals surface area contributed by atoms with Crippen LogP contribution in [0.15, 0.2) is 12.4 Å². The molecule has 0 saturated carbocycles. The molecule has 18 heavy (non-hydrogen) atoms. The highest BCUT2D eigenvalue weighted by Gasteiger charge is 2.05. The van der Waals surface area contributed by atoms with Crippen molar-refractivity contribution in [3.05, 3.63) is 17.5 Å². The lowest BCUT2D eigenvalue weighted by Crippen LogP contribution is -2.08. The van der Waals surface area contributed by atoms with Gasteiger partial charge in [0.25, 0.3) is 5.78 Å². The molecule has 0 atom stereocenters. The van der Waals surface area contributed by atoms with Gasteiger partial charge in [-0.05, 0) is 12.3 Å². The molecule has 6 heteroatoms. The van der Waals surface area contributed by atoms with E-state index in [0.717, 1.165) is 24.7 Å². The zero-order chi connectivity index (χ0) is 13.0. The van der Waals surface area contributed by atoms with Gasteiger partial charge in [-0.25, -0.2) is 0 Å². The number of unbranched alkanes of at least 4 members (excludes halogenated alkanes) is 1. The van der Waals surface area contributed by atoms with E-state index in [0.29, 0.717) is 10.9 Å². The maximum absolute atomic E-state index is 5.93. The topological polar surface area (TPSA) is 55.1 Å². The molecule has 0 bridgehead atoms. The third-order valence-electron chi connectivity index (χ3n) is 2.73. The molecule has 2 rings (SSSR count). The third kappa shape index (κ3) is 3.32. The highest BCUT2D eigenvalue weighted by atomic mass is 35.5. The molecule has 5 nitrogen and oxygen atoms in total. The van der Waals surface area contributed by atoms with E-state index < -0.39 is 0 Å². The Morgan fingerprint density at radius 1 is 1.39 bits per heavy atom. The Balaban J connectivity index is 1.93. The van der Waals surface area contributed by atoms with Crippen LogP contribution in [0.2, 0.25) is 5.15 Å². The third-order valence-corrected chi connectivity index (χ3v) is 2.93. The Hall–Kier alpha value is -1.36. The van der Waals surface area contributed by atoms with Gasteiger partial charge in [-0.2, -0.15) is 19.6 Å². The molecule has 0 fully saturated rings. The van der Waals surface area contributed by atoms with Crippen molar-refractivity contribution in [1.29, 1.82) is 0 Å². The Labute approximate surface area is 112 Å². The monoisotopic (exact) mass is 267 g/mol. The first-order valence-corrected chi connectivity index (χ1v) is 6.65. The van der Waals surface area contributed by atoms with Gasteiger partial charge in [0, 0.05) is 12.6 Å². The van der Waals surface area contributed by atoms with Crippen LogP contribution >= 0.6 is 11.6 Å². The van der Waals surface area contributed by atoms with Crippen LogP contribution in [-0.2, 0) is 0 Å². The van der Waals surface area contributed by atoms with Crippen LogP contribution in [0.1, 0.15) is 33.1 Å². The van der Waals surface area contributed by atoms with Crippen molar-refractivity contribution in [2.45, 2.75) is 33.1 Å². The molecule has 0 aromatic carbocycles. The molecule has 0 aliphatic heterocycles. The van der Waals surface area contributed by atoms with E-state index in [1.54, 1.807) is 10.6 Å². The summed E-state index contributed by atoms with van der Waals surface area (Å²) in [6, 6.07) is 1.77. The number of nitrogens with zero attached hydrogens (tertiary/aromatic N) is 4. The fourth-order valence-corrected chi connectivity index (χ4v) is 1.98. The minimum absolute atomic E-state index is 0.431. The number of anilines is 1. The van der Waals surface area contributed by atoms with Gasteiger partial charge in [0.05, 0.1) is 0 Å². The zero-order valence-electron chi connectivity index (χ0n) is 10.7. The van der Waals surface area contributed by atoms with Crippen molar-refractivity contribution in [1.82, 2.24) is 19.6 Å². The van der Waals surface area contributed by atoms with E-state index in [1.165, 1.54) is 19.2 Å². The molecule has 0 spiro atoms. The molecule has 2 aromatic rings. The summed E-state index contributed by atoms with van der Waals surface area (Å²) < 4.78 is 1.66. The number of rotatable bonds is 6. The summed E-state index contributed by atoms with van der Waals surface area (Å²) in [4.78, 5) is 8.10. The summed E-state index contributed by atoms with van der Waals surface area (Å²) in [6.45, 7) is 5.39. The van der Waals surface area contributed by atoms with Crippen LogP contribution < -0.4 is 5.32 Å². The lowest BCUT2D eigenvalue weighted by molar-refractivity contribution is 0.544. The van der Waals surface area contributed by atoms with Crippen LogP contribution in [0, 0.1) is 5.92 Å². The average Bonchev–Trinajstić information content (AvgIpc) is 2.75. The molecule has 0 aliphatic rings. The number of hydrogen-bond acceptors (Lipinski definition) is 4. The lowest BCUT2D eigenvalue weighted by atomic mass is 10.1. The summed E-state index contributed by atoms with van der Waals surface area (Å²) in [5, 5.41) is 7.86. The summed E-state index contributed by atoms with van der Waals surface area (Å²) >= 11 is 5.93. The molecule has 2 heterocycles. The molecular weight excluding hydrogens is 250 g/mol. The van der Waals surface area contributed by atoms with Crippen LogP contribution in [-0.4, -0.2) is 26.1 Å². The molecule has 2 aromatic heterocycles. The summed E-state index contributed by atoms with van der Waals surface area (Å²) in [6.07, 6.45) is 5.10. The van der Waals surface area contributed by atoms with Crippen molar-refractivity contribution in [2.24, 2.45) is 5.92 Å². The van der Waals surface area contributed by atoms with E-state index in [2.05, 4.69) is 34.2 Å². The molecule has 0 radical (unpaired) electrons. The molecule has 0 unspecified atom stereocenters. The number of hydrogen-bond donors (Lipinski definition) is 1. The van der Waals surface area contributed by atoms with Crippen molar-refractivity contribution in [3.63, 3.8) is 0 Å². The summed E-state index contributed by atoms with van der Waals surface area (Å²) in [5.41, 5.74) is 0. The first-order chi connectivity index (χ1) is 8.66. The summed E-state index contributed by atoms with van der Waals surface area (Å²) in [7, 11) is 0. The van der Waals surface area contributed by atoms with E-state index >= 15 is 0 Å². The van der Waals surface area contributed by atoms with Gasteiger partial charge in [0.15, 0.2) is 0 Å². The standard InChI is InChI=1S/C12H18ClN5/c1-9(2)5-3-4-6-14-11-7-10(13)17-12-15-8-16-18(11)12/h7-9,14H,3-6H2,1-2H3. The van der Waals surface area contributed by atoms with Gasteiger partial charge >= 0.3 is 0 Å². The first-order valence-electron chi connectivity index (χ1n) is 6.27. The van der Waals surface area contributed by atoms with E-state index in [-0.39, 0.29) is 0 Å².